The van der Waals surface area contributed by atoms with E-state index in [1.165, 1.54) is 0 Å². The van der Waals surface area contributed by atoms with E-state index in [1.54, 1.807) is 7.11 Å². The van der Waals surface area contributed by atoms with Crippen LogP contribution in [-0.4, -0.2) is 35.8 Å². The molecule has 0 radical (unpaired) electrons. The zero-order chi connectivity index (χ0) is 13.5. The van der Waals surface area contributed by atoms with Gasteiger partial charge in [0.25, 0.3) is 0 Å². The summed E-state index contributed by atoms with van der Waals surface area (Å²) in [5.41, 5.74) is 0.935. The molecule has 0 unspecified atom stereocenters. The van der Waals surface area contributed by atoms with Gasteiger partial charge in [-0.05, 0) is 19.9 Å². The van der Waals surface area contributed by atoms with Crippen LogP contribution in [0.1, 0.15) is 19.4 Å². The zero-order valence-corrected chi connectivity index (χ0v) is 12.7. The number of hydrogen-bond acceptors (Lipinski definition) is 2. The number of benzene rings is 1. The predicted molar refractivity (Wildman–Crippen MR) is 77.3 cm³/mol. The third-order valence-corrected chi connectivity index (χ3v) is 3.16. The van der Waals surface area contributed by atoms with E-state index >= 15 is 0 Å². The van der Waals surface area contributed by atoms with Gasteiger partial charge in [0.2, 0.25) is 5.91 Å². The van der Waals surface area contributed by atoms with Gasteiger partial charge in [0, 0.05) is 23.5 Å². The first-order valence-electron chi connectivity index (χ1n) is 6.07. The van der Waals surface area contributed by atoms with Crippen molar-refractivity contribution in [2.45, 2.75) is 26.3 Å². The number of nitrogens with zero attached hydrogens (tertiary/aromatic N) is 1. The van der Waals surface area contributed by atoms with Gasteiger partial charge in [0.1, 0.15) is 5.75 Å². The first-order valence-corrected chi connectivity index (χ1v) is 7.19. The number of methoxy groups -OCH3 is 1. The summed E-state index contributed by atoms with van der Waals surface area (Å²) in [5, 5.41) is 0.794. The molecule has 1 aromatic carbocycles. The smallest absolute Gasteiger partial charge is 0.227 e. The molecule has 0 aliphatic carbocycles. The Morgan fingerprint density at radius 1 is 1.39 bits per heavy atom. The van der Waals surface area contributed by atoms with Crippen LogP contribution < -0.4 is 4.74 Å². The molecule has 1 aromatic rings. The second-order valence-corrected chi connectivity index (χ2v) is 5.15. The Balaban J connectivity index is 2.79. The van der Waals surface area contributed by atoms with Crippen LogP contribution in [0.2, 0.25) is 0 Å². The molecule has 18 heavy (non-hydrogen) atoms. The molecule has 1 rings (SSSR count). The normalized spacial score (nSPS) is 10.5. The molecule has 0 atom stereocenters. The maximum atomic E-state index is 12.3. The molecule has 4 heteroatoms. The van der Waals surface area contributed by atoms with E-state index in [1.807, 2.05) is 43.0 Å². The number of carbonyl (C=O) groups excluding carboxylic acids is 1. The Morgan fingerprint density at radius 2 is 2.06 bits per heavy atom. The second-order valence-electron chi connectivity index (χ2n) is 4.36. The van der Waals surface area contributed by atoms with Gasteiger partial charge in [-0.1, -0.05) is 34.1 Å². The SMILES string of the molecule is COc1ccccc1CC(=O)N(CCBr)C(C)C. The zero-order valence-electron chi connectivity index (χ0n) is 11.1. The lowest BCUT2D eigenvalue weighted by Gasteiger charge is -2.26. The predicted octanol–water partition coefficient (Wildman–Crippen LogP) is 2.87. The maximum absolute atomic E-state index is 12.3. The van der Waals surface area contributed by atoms with Crippen molar-refractivity contribution in [2.24, 2.45) is 0 Å². The van der Waals surface area contributed by atoms with Crippen molar-refractivity contribution in [3.8, 4) is 5.75 Å². The molecule has 3 nitrogen and oxygen atoms in total. The molecule has 0 aliphatic heterocycles. The highest BCUT2D eigenvalue weighted by Gasteiger charge is 2.17. The molecular weight excluding hydrogens is 294 g/mol. The van der Waals surface area contributed by atoms with E-state index in [0.29, 0.717) is 6.42 Å². The van der Waals surface area contributed by atoms with E-state index < -0.39 is 0 Å². The topological polar surface area (TPSA) is 29.5 Å². The molecule has 0 bridgehead atoms. The lowest BCUT2D eigenvalue weighted by atomic mass is 10.1. The highest BCUT2D eigenvalue weighted by atomic mass is 79.9. The van der Waals surface area contributed by atoms with E-state index in [2.05, 4.69) is 15.9 Å². The molecule has 0 fully saturated rings. The summed E-state index contributed by atoms with van der Waals surface area (Å²) in [4.78, 5) is 14.1. The van der Waals surface area contributed by atoms with Gasteiger partial charge in [-0.3, -0.25) is 4.79 Å². The molecule has 0 spiro atoms. The van der Waals surface area contributed by atoms with Crippen molar-refractivity contribution in [2.75, 3.05) is 19.0 Å². The Bertz CT molecular complexity index is 393. The van der Waals surface area contributed by atoms with Crippen LogP contribution >= 0.6 is 15.9 Å². The van der Waals surface area contributed by atoms with Gasteiger partial charge < -0.3 is 9.64 Å². The highest BCUT2D eigenvalue weighted by Crippen LogP contribution is 2.19. The number of halogens is 1. The minimum absolute atomic E-state index is 0.133. The fraction of sp³-hybridized carbons (Fsp3) is 0.500. The monoisotopic (exact) mass is 313 g/mol. The number of alkyl halides is 1. The molecule has 0 aliphatic rings. The van der Waals surface area contributed by atoms with Gasteiger partial charge in [-0.25, -0.2) is 0 Å². The van der Waals surface area contributed by atoms with Crippen molar-refractivity contribution in [3.05, 3.63) is 29.8 Å². The average Bonchev–Trinajstić information content (AvgIpc) is 2.36. The largest absolute Gasteiger partial charge is 0.496 e. The van der Waals surface area contributed by atoms with Gasteiger partial charge in [-0.2, -0.15) is 0 Å². The van der Waals surface area contributed by atoms with Crippen molar-refractivity contribution in [3.63, 3.8) is 0 Å². The van der Waals surface area contributed by atoms with Gasteiger partial charge in [-0.15, -0.1) is 0 Å². The minimum Gasteiger partial charge on any atom is -0.496 e. The van der Waals surface area contributed by atoms with Crippen LogP contribution in [0, 0.1) is 0 Å². The van der Waals surface area contributed by atoms with E-state index in [-0.39, 0.29) is 11.9 Å². The van der Waals surface area contributed by atoms with Gasteiger partial charge in [0.05, 0.1) is 13.5 Å². The average molecular weight is 314 g/mol. The van der Waals surface area contributed by atoms with Gasteiger partial charge >= 0.3 is 0 Å². The summed E-state index contributed by atoms with van der Waals surface area (Å²) in [6.07, 6.45) is 0.384. The lowest BCUT2D eigenvalue weighted by Crippen LogP contribution is -2.39. The number of ether oxygens (including phenoxy) is 1. The van der Waals surface area contributed by atoms with Crippen molar-refractivity contribution >= 4 is 21.8 Å². The number of amides is 1. The Morgan fingerprint density at radius 3 is 2.61 bits per heavy atom. The van der Waals surface area contributed by atoms with Crippen molar-refractivity contribution < 1.29 is 9.53 Å². The first-order chi connectivity index (χ1) is 8.60. The van der Waals surface area contributed by atoms with Crippen molar-refractivity contribution in [1.29, 1.82) is 0 Å². The maximum Gasteiger partial charge on any atom is 0.227 e. The summed E-state index contributed by atoms with van der Waals surface area (Å²) >= 11 is 3.38. The lowest BCUT2D eigenvalue weighted by molar-refractivity contribution is -0.131. The van der Waals surface area contributed by atoms with Gasteiger partial charge in [0.15, 0.2) is 0 Å². The highest BCUT2D eigenvalue weighted by molar-refractivity contribution is 9.09. The fourth-order valence-corrected chi connectivity index (χ4v) is 2.26. The third kappa shape index (κ3) is 4.02. The van der Waals surface area contributed by atoms with Crippen LogP contribution in [0.3, 0.4) is 0 Å². The van der Waals surface area contributed by atoms with Crippen LogP contribution in [0.25, 0.3) is 0 Å². The van der Waals surface area contributed by atoms with Crippen LogP contribution in [0.15, 0.2) is 24.3 Å². The van der Waals surface area contributed by atoms with Crippen LogP contribution in [0.4, 0.5) is 0 Å². The van der Waals surface area contributed by atoms with Crippen LogP contribution in [-0.2, 0) is 11.2 Å². The summed E-state index contributed by atoms with van der Waals surface area (Å²) in [5.74, 6) is 0.905. The number of hydrogen-bond donors (Lipinski definition) is 0. The Kier molecular flexibility index (Phi) is 6.19. The van der Waals surface area contributed by atoms with E-state index in [9.17, 15) is 4.79 Å². The molecule has 0 saturated heterocycles. The second kappa shape index (κ2) is 7.41. The molecule has 1 amide bonds. The summed E-state index contributed by atoms with van der Waals surface area (Å²) in [7, 11) is 1.63. The number of para-hydroxylation sites is 1. The summed E-state index contributed by atoms with van der Waals surface area (Å²) in [6, 6.07) is 7.86. The first kappa shape index (κ1) is 15.0. The summed E-state index contributed by atoms with van der Waals surface area (Å²) < 4.78 is 5.27. The molecule has 0 heterocycles. The quantitative estimate of drug-likeness (QED) is 0.756. The summed E-state index contributed by atoms with van der Waals surface area (Å²) in [6.45, 7) is 4.79. The molecule has 0 saturated carbocycles. The number of rotatable bonds is 6. The van der Waals surface area contributed by atoms with E-state index in [0.717, 1.165) is 23.2 Å². The van der Waals surface area contributed by atoms with Crippen LogP contribution in [0.5, 0.6) is 5.75 Å². The Hall–Kier alpha value is -1.03. The van der Waals surface area contributed by atoms with Crippen molar-refractivity contribution in [1.82, 2.24) is 4.90 Å². The molecular formula is C14H20BrNO2. The molecule has 100 valence electrons. The Labute approximate surface area is 117 Å². The van der Waals surface area contributed by atoms with E-state index in [4.69, 9.17) is 4.74 Å². The standard InChI is InChI=1S/C14H20BrNO2/c1-11(2)16(9-8-15)14(17)10-12-6-4-5-7-13(12)18-3/h4-7,11H,8-10H2,1-3H3. The minimum atomic E-state index is 0.133. The fourth-order valence-electron chi connectivity index (χ4n) is 1.88. The third-order valence-electron chi connectivity index (χ3n) is 2.80. The number of carbonyl (C=O) groups is 1. The molecule has 0 aromatic heterocycles. The molecule has 0 N–H and O–H groups in total.